The topological polar surface area (TPSA) is 119 Å². The van der Waals surface area contributed by atoms with Gasteiger partial charge in [-0.15, -0.1) is 0 Å². The van der Waals surface area contributed by atoms with Gasteiger partial charge in [0.2, 0.25) is 0 Å². The second-order valence-corrected chi connectivity index (χ2v) is 4.81. The van der Waals surface area contributed by atoms with E-state index in [9.17, 15) is 9.59 Å². The summed E-state index contributed by atoms with van der Waals surface area (Å²) in [7, 11) is 0. The van der Waals surface area contributed by atoms with Crippen LogP contribution in [0.4, 0.5) is 11.5 Å². The van der Waals surface area contributed by atoms with Crippen molar-refractivity contribution >= 4 is 11.5 Å². The number of hydrogen-bond donors (Lipinski definition) is 3. The summed E-state index contributed by atoms with van der Waals surface area (Å²) in [5.41, 5.74) is 5.81. The average Bonchev–Trinajstić information content (AvgIpc) is 2.84. The standard InChI is InChI=1S/C13H19N5O3/c1-3-4-5-18-11(14)10(12(19)16-13(18)20)15-7-9-6-8(2)17-21-9/h6,15H,3-5,7,14H2,1-2H3,(H,16,19,20). The first-order valence-corrected chi connectivity index (χ1v) is 6.81. The number of nitrogens with zero attached hydrogens (tertiary/aromatic N) is 2. The van der Waals surface area contributed by atoms with E-state index in [-0.39, 0.29) is 18.1 Å². The lowest BCUT2D eigenvalue weighted by Gasteiger charge is -2.12. The van der Waals surface area contributed by atoms with Crippen molar-refractivity contribution in [2.75, 3.05) is 11.1 Å². The van der Waals surface area contributed by atoms with E-state index in [0.29, 0.717) is 12.3 Å². The summed E-state index contributed by atoms with van der Waals surface area (Å²) in [4.78, 5) is 25.9. The summed E-state index contributed by atoms with van der Waals surface area (Å²) < 4.78 is 6.41. The van der Waals surface area contributed by atoms with Gasteiger partial charge in [0, 0.05) is 12.6 Å². The molecule has 114 valence electrons. The molecule has 0 atom stereocenters. The van der Waals surface area contributed by atoms with E-state index in [1.807, 2.05) is 6.92 Å². The summed E-state index contributed by atoms with van der Waals surface area (Å²) in [5.74, 6) is 0.714. The lowest BCUT2D eigenvalue weighted by atomic mass is 10.3. The molecule has 8 heteroatoms. The number of hydrogen-bond acceptors (Lipinski definition) is 6. The molecule has 0 amide bonds. The van der Waals surface area contributed by atoms with Gasteiger partial charge in [-0.05, 0) is 13.3 Å². The molecule has 8 nitrogen and oxygen atoms in total. The van der Waals surface area contributed by atoms with Gasteiger partial charge in [-0.1, -0.05) is 18.5 Å². The first-order chi connectivity index (χ1) is 10.0. The maximum absolute atomic E-state index is 11.9. The number of anilines is 2. The highest BCUT2D eigenvalue weighted by atomic mass is 16.5. The molecule has 21 heavy (non-hydrogen) atoms. The van der Waals surface area contributed by atoms with Crippen molar-refractivity contribution in [2.45, 2.75) is 39.8 Å². The van der Waals surface area contributed by atoms with E-state index >= 15 is 0 Å². The van der Waals surface area contributed by atoms with Crippen LogP contribution in [0.5, 0.6) is 0 Å². The zero-order valence-electron chi connectivity index (χ0n) is 12.1. The van der Waals surface area contributed by atoms with Gasteiger partial charge in [-0.3, -0.25) is 14.3 Å². The second kappa shape index (κ2) is 6.29. The Balaban J connectivity index is 2.26. The molecule has 2 aromatic rings. The van der Waals surface area contributed by atoms with Crippen LogP contribution < -0.4 is 22.3 Å². The molecular weight excluding hydrogens is 274 g/mol. The van der Waals surface area contributed by atoms with Crippen LogP contribution in [-0.4, -0.2) is 14.7 Å². The fourth-order valence-electron chi connectivity index (χ4n) is 1.97. The Hall–Kier alpha value is -2.51. The van der Waals surface area contributed by atoms with Gasteiger partial charge in [0.25, 0.3) is 5.56 Å². The fraction of sp³-hybridized carbons (Fsp3) is 0.462. The number of nitrogen functional groups attached to an aromatic ring is 1. The highest BCUT2D eigenvalue weighted by Gasteiger charge is 2.12. The molecule has 0 aliphatic carbocycles. The summed E-state index contributed by atoms with van der Waals surface area (Å²) in [5, 5.41) is 6.65. The first kappa shape index (κ1) is 14.9. The number of aromatic nitrogens is 3. The van der Waals surface area contributed by atoms with Gasteiger partial charge in [0.1, 0.15) is 11.5 Å². The maximum Gasteiger partial charge on any atom is 0.330 e. The molecular formula is C13H19N5O3. The third-order valence-corrected chi connectivity index (χ3v) is 3.09. The number of H-pyrrole nitrogens is 1. The van der Waals surface area contributed by atoms with Crippen LogP contribution in [0.1, 0.15) is 31.2 Å². The van der Waals surface area contributed by atoms with Gasteiger partial charge in [-0.25, -0.2) is 4.79 Å². The van der Waals surface area contributed by atoms with Crippen LogP contribution in [0.3, 0.4) is 0 Å². The Morgan fingerprint density at radius 1 is 1.48 bits per heavy atom. The van der Waals surface area contributed by atoms with Crippen LogP contribution in [0, 0.1) is 6.92 Å². The van der Waals surface area contributed by atoms with Crippen molar-refractivity contribution in [3.63, 3.8) is 0 Å². The van der Waals surface area contributed by atoms with Crippen molar-refractivity contribution in [2.24, 2.45) is 0 Å². The van der Waals surface area contributed by atoms with E-state index in [0.717, 1.165) is 18.5 Å². The number of nitrogens with one attached hydrogen (secondary N) is 2. The predicted molar refractivity (Wildman–Crippen MR) is 79.2 cm³/mol. The van der Waals surface area contributed by atoms with Crippen LogP contribution in [0.25, 0.3) is 0 Å². The Labute approximate surface area is 121 Å². The molecule has 0 aromatic carbocycles. The highest BCUT2D eigenvalue weighted by Crippen LogP contribution is 2.13. The molecule has 0 saturated heterocycles. The van der Waals surface area contributed by atoms with Crippen LogP contribution in [0.2, 0.25) is 0 Å². The van der Waals surface area contributed by atoms with E-state index in [1.54, 1.807) is 13.0 Å². The van der Waals surface area contributed by atoms with Crippen molar-refractivity contribution in [1.82, 2.24) is 14.7 Å². The molecule has 2 rings (SSSR count). The number of aromatic amines is 1. The average molecular weight is 293 g/mol. The zero-order chi connectivity index (χ0) is 15.4. The number of aryl methyl sites for hydroxylation is 1. The Bertz CT molecular complexity index is 728. The molecule has 0 radical (unpaired) electrons. The Morgan fingerprint density at radius 2 is 2.24 bits per heavy atom. The molecule has 2 heterocycles. The molecule has 0 saturated carbocycles. The largest absolute Gasteiger partial charge is 0.383 e. The zero-order valence-corrected chi connectivity index (χ0v) is 12.1. The summed E-state index contributed by atoms with van der Waals surface area (Å²) in [6.07, 6.45) is 1.72. The molecule has 0 aliphatic rings. The summed E-state index contributed by atoms with van der Waals surface area (Å²) in [6, 6.07) is 1.75. The van der Waals surface area contributed by atoms with E-state index in [1.165, 1.54) is 4.57 Å². The molecule has 2 aromatic heterocycles. The lowest BCUT2D eigenvalue weighted by Crippen LogP contribution is -2.34. The Morgan fingerprint density at radius 3 is 2.86 bits per heavy atom. The number of rotatable bonds is 6. The minimum absolute atomic E-state index is 0.133. The fourth-order valence-corrected chi connectivity index (χ4v) is 1.97. The van der Waals surface area contributed by atoms with E-state index in [2.05, 4.69) is 15.5 Å². The maximum atomic E-state index is 11.9. The highest BCUT2D eigenvalue weighted by molar-refractivity contribution is 5.60. The minimum atomic E-state index is -0.540. The summed E-state index contributed by atoms with van der Waals surface area (Å²) in [6.45, 7) is 4.55. The quantitative estimate of drug-likeness (QED) is 0.725. The molecule has 0 aliphatic heterocycles. The minimum Gasteiger partial charge on any atom is -0.383 e. The van der Waals surface area contributed by atoms with Crippen LogP contribution >= 0.6 is 0 Å². The number of unbranched alkanes of at least 4 members (excludes halogenated alkanes) is 1. The van der Waals surface area contributed by atoms with E-state index < -0.39 is 11.2 Å². The van der Waals surface area contributed by atoms with Crippen molar-refractivity contribution < 1.29 is 4.52 Å². The third kappa shape index (κ3) is 3.33. The van der Waals surface area contributed by atoms with Gasteiger partial charge >= 0.3 is 5.69 Å². The molecule has 0 unspecified atom stereocenters. The van der Waals surface area contributed by atoms with Gasteiger partial charge in [-0.2, -0.15) is 0 Å². The molecule has 0 bridgehead atoms. The van der Waals surface area contributed by atoms with Gasteiger partial charge in [0.15, 0.2) is 5.76 Å². The first-order valence-electron chi connectivity index (χ1n) is 6.81. The van der Waals surface area contributed by atoms with Gasteiger partial charge in [0.05, 0.1) is 12.2 Å². The number of nitrogens with two attached hydrogens (primary N) is 1. The summed E-state index contributed by atoms with van der Waals surface area (Å²) >= 11 is 0. The smallest absolute Gasteiger partial charge is 0.330 e. The van der Waals surface area contributed by atoms with Crippen molar-refractivity contribution in [3.05, 3.63) is 38.4 Å². The molecule has 0 fully saturated rings. The monoisotopic (exact) mass is 293 g/mol. The van der Waals surface area contributed by atoms with Crippen molar-refractivity contribution in [1.29, 1.82) is 0 Å². The predicted octanol–water partition coefficient (Wildman–Crippen LogP) is 0.827. The second-order valence-electron chi connectivity index (χ2n) is 4.81. The SMILES string of the molecule is CCCCn1c(N)c(NCc2cc(C)no2)c(=O)[nH]c1=O. The van der Waals surface area contributed by atoms with Crippen molar-refractivity contribution in [3.8, 4) is 0 Å². The molecule has 4 N–H and O–H groups in total. The van der Waals surface area contributed by atoms with Gasteiger partial charge < -0.3 is 15.6 Å². The lowest BCUT2D eigenvalue weighted by molar-refractivity contribution is 0.384. The van der Waals surface area contributed by atoms with Crippen LogP contribution in [-0.2, 0) is 13.1 Å². The Kier molecular flexibility index (Phi) is 4.46. The van der Waals surface area contributed by atoms with Crippen LogP contribution in [0.15, 0.2) is 20.2 Å². The van der Waals surface area contributed by atoms with E-state index in [4.69, 9.17) is 10.3 Å². The normalized spacial score (nSPS) is 10.8. The molecule has 0 spiro atoms. The third-order valence-electron chi connectivity index (χ3n) is 3.09.